The van der Waals surface area contributed by atoms with Gasteiger partial charge in [-0.25, -0.2) is 4.39 Å². The van der Waals surface area contributed by atoms with Gasteiger partial charge in [0.1, 0.15) is 5.82 Å². The van der Waals surface area contributed by atoms with Crippen LogP contribution in [0.5, 0.6) is 0 Å². The summed E-state index contributed by atoms with van der Waals surface area (Å²) in [5, 5.41) is 3.07. The highest BCUT2D eigenvalue weighted by Gasteiger charge is 2.34. The van der Waals surface area contributed by atoms with Crippen molar-refractivity contribution in [2.45, 2.75) is 19.5 Å². The normalized spacial score (nSPS) is 11.4. The predicted molar refractivity (Wildman–Crippen MR) is 103 cm³/mol. The highest BCUT2D eigenvalue weighted by atomic mass is 35.5. The molecule has 0 saturated heterocycles. The van der Waals surface area contributed by atoms with Crippen molar-refractivity contribution in [3.8, 4) is 11.3 Å². The van der Waals surface area contributed by atoms with Crippen LogP contribution in [0.25, 0.3) is 11.3 Å². The van der Waals surface area contributed by atoms with Gasteiger partial charge in [0.15, 0.2) is 0 Å². The van der Waals surface area contributed by atoms with Crippen LogP contribution < -0.4 is 5.32 Å². The first-order valence-corrected chi connectivity index (χ1v) is 9.00. The van der Waals surface area contributed by atoms with Gasteiger partial charge in [0.25, 0.3) is 5.91 Å². The third-order valence-corrected chi connectivity index (χ3v) is 4.64. The number of hydrogen-bond acceptors (Lipinski definition) is 2. The molecule has 1 amide bonds. The number of amides is 1. The van der Waals surface area contributed by atoms with E-state index in [0.29, 0.717) is 10.7 Å². The first-order valence-electron chi connectivity index (χ1n) is 8.62. The number of carbonyl (C=O) groups is 1. The van der Waals surface area contributed by atoms with Crippen LogP contribution >= 0.6 is 11.6 Å². The minimum Gasteiger partial charge on any atom is -0.322 e. The zero-order valence-corrected chi connectivity index (χ0v) is 15.9. The number of hydrogen-bond donors (Lipinski definition) is 1. The lowest BCUT2D eigenvalue weighted by Crippen LogP contribution is -2.13. The topological polar surface area (TPSA) is 42.0 Å². The molecule has 0 aliphatic heterocycles. The Balaban J connectivity index is 1.89. The van der Waals surface area contributed by atoms with Gasteiger partial charge in [-0.15, -0.1) is 0 Å². The minimum atomic E-state index is -4.68. The number of nitrogens with one attached hydrogen (secondary N) is 1. The maximum atomic E-state index is 14.6. The molecule has 0 unspecified atom stereocenters. The Morgan fingerprint density at radius 2 is 1.90 bits per heavy atom. The highest BCUT2D eigenvalue weighted by Crippen LogP contribution is 2.36. The third kappa shape index (κ3) is 4.56. The SMILES string of the molecule is CCc1ccc(NC(=O)c2ccc(-c3ncccc3C(F)(F)F)c(F)c2)cc1Cl. The van der Waals surface area contributed by atoms with Crippen LogP contribution in [-0.4, -0.2) is 10.9 Å². The van der Waals surface area contributed by atoms with Crippen LogP contribution in [-0.2, 0) is 12.6 Å². The smallest absolute Gasteiger partial charge is 0.322 e. The number of anilines is 1. The number of benzene rings is 2. The molecular weight excluding hydrogens is 408 g/mol. The number of halogens is 5. The zero-order chi connectivity index (χ0) is 21.2. The van der Waals surface area contributed by atoms with E-state index < -0.39 is 29.2 Å². The summed E-state index contributed by atoms with van der Waals surface area (Å²) < 4.78 is 54.1. The van der Waals surface area contributed by atoms with E-state index >= 15 is 0 Å². The summed E-state index contributed by atoms with van der Waals surface area (Å²) in [5.74, 6) is -1.60. The molecule has 0 spiro atoms. The molecule has 0 fully saturated rings. The molecule has 1 N–H and O–H groups in total. The molecule has 29 heavy (non-hydrogen) atoms. The summed E-state index contributed by atoms with van der Waals surface area (Å²) in [5.41, 5.74) is -0.647. The first kappa shape index (κ1) is 20.8. The van der Waals surface area contributed by atoms with Gasteiger partial charge in [-0.2, -0.15) is 13.2 Å². The van der Waals surface area contributed by atoms with E-state index in [1.54, 1.807) is 18.2 Å². The third-order valence-electron chi connectivity index (χ3n) is 4.29. The Hall–Kier alpha value is -2.93. The Kier molecular flexibility index (Phi) is 5.88. The van der Waals surface area contributed by atoms with Crippen molar-refractivity contribution in [2.24, 2.45) is 0 Å². The summed E-state index contributed by atoms with van der Waals surface area (Å²) in [4.78, 5) is 16.1. The summed E-state index contributed by atoms with van der Waals surface area (Å²) in [6, 6.07) is 10.2. The highest BCUT2D eigenvalue weighted by molar-refractivity contribution is 6.31. The summed E-state index contributed by atoms with van der Waals surface area (Å²) in [6.45, 7) is 1.94. The summed E-state index contributed by atoms with van der Waals surface area (Å²) in [7, 11) is 0. The van der Waals surface area contributed by atoms with Crippen molar-refractivity contribution in [3.05, 3.63) is 82.3 Å². The van der Waals surface area contributed by atoms with Crippen molar-refractivity contribution in [3.63, 3.8) is 0 Å². The van der Waals surface area contributed by atoms with Crippen LogP contribution in [0.1, 0.15) is 28.4 Å². The molecule has 3 aromatic rings. The number of rotatable bonds is 4. The molecule has 0 radical (unpaired) electrons. The lowest BCUT2D eigenvalue weighted by Gasteiger charge is -2.13. The zero-order valence-electron chi connectivity index (χ0n) is 15.1. The van der Waals surface area contributed by atoms with Gasteiger partial charge >= 0.3 is 6.18 Å². The van der Waals surface area contributed by atoms with Crippen LogP contribution in [0, 0.1) is 5.82 Å². The fourth-order valence-electron chi connectivity index (χ4n) is 2.81. The Labute approximate surface area is 169 Å². The van der Waals surface area contributed by atoms with Crippen LogP contribution in [0.2, 0.25) is 5.02 Å². The number of aromatic nitrogens is 1. The molecule has 0 bridgehead atoms. The largest absolute Gasteiger partial charge is 0.418 e. The van der Waals surface area contributed by atoms with Gasteiger partial charge in [-0.05, 0) is 54.4 Å². The number of alkyl halides is 3. The minimum absolute atomic E-state index is 0.0496. The van der Waals surface area contributed by atoms with E-state index in [1.807, 2.05) is 6.92 Å². The average molecular weight is 423 g/mol. The monoisotopic (exact) mass is 422 g/mol. The molecule has 8 heteroatoms. The molecule has 0 atom stereocenters. The van der Waals surface area contributed by atoms with Crippen molar-refractivity contribution in [1.82, 2.24) is 4.98 Å². The van der Waals surface area contributed by atoms with Crippen LogP contribution in [0.3, 0.4) is 0 Å². The maximum Gasteiger partial charge on any atom is 0.418 e. The van der Waals surface area contributed by atoms with Crippen molar-refractivity contribution in [1.29, 1.82) is 0 Å². The van der Waals surface area contributed by atoms with Gasteiger partial charge in [-0.1, -0.05) is 24.6 Å². The standard InChI is InChI=1S/C21H15ClF4N2O/c1-2-12-5-7-14(11-17(12)22)28-20(29)13-6-8-15(18(23)10-13)19-16(21(24,25)26)4-3-9-27-19/h3-11H,2H2,1H3,(H,28,29). The molecule has 0 aliphatic rings. The number of carbonyl (C=O) groups excluding carboxylic acids is 1. The maximum absolute atomic E-state index is 14.6. The predicted octanol–water partition coefficient (Wildman–Crippen LogP) is 6.37. The second-order valence-corrected chi connectivity index (χ2v) is 6.61. The quantitative estimate of drug-likeness (QED) is 0.496. The lowest BCUT2D eigenvalue weighted by atomic mass is 10.0. The summed E-state index contributed by atoms with van der Waals surface area (Å²) in [6.07, 6.45) is -2.81. The van der Waals surface area contributed by atoms with Gasteiger partial charge in [-0.3, -0.25) is 9.78 Å². The number of pyridine rings is 1. The van der Waals surface area contributed by atoms with Gasteiger partial charge in [0.2, 0.25) is 0 Å². The Bertz CT molecular complexity index is 1070. The number of aryl methyl sites for hydroxylation is 1. The fraction of sp³-hybridized carbons (Fsp3) is 0.143. The van der Waals surface area contributed by atoms with Gasteiger partial charge in [0, 0.05) is 28.0 Å². The second-order valence-electron chi connectivity index (χ2n) is 6.21. The molecule has 3 rings (SSSR count). The van der Waals surface area contributed by atoms with E-state index in [0.717, 1.165) is 42.4 Å². The molecule has 150 valence electrons. The molecule has 2 aromatic carbocycles. The van der Waals surface area contributed by atoms with Crippen LogP contribution in [0.4, 0.5) is 23.2 Å². The van der Waals surface area contributed by atoms with E-state index in [1.165, 1.54) is 6.07 Å². The van der Waals surface area contributed by atoms with Crippen molar-refractivity contribution >= 4 is 23.2 Å². The molecule has 1 aromatic heterocycles. The van der Waals surface area contributed by atoms with Gasteiger partial charge < -0.3 is 5.32 Å². The van der Waals surface area contributed by atoms with Crippen molar-refractivity contribution in [2.75, 3.05) is 5.32 Å². The molecule has 1 heterocycles. The Morgan fingerprint density at radius 1 is 1.14 bits per heavy atom. The first-order chi connectivity index (χ1) is 13.7. The van der Waals surface area contributed by atoms with Crippen molar-refractivity contribution < 1.29 is 22.4 Å². The fourth-order valence-corrected chi connectivity index (χ4v) is 3.13. The molecular formula is C21H15ClF4N2O. The average Bonchev–Trinajstić information content (AvgIpc) is 2.67. The molecule has 0 aliphatic carbocycles. The molecule has 0 saturated carbocycles. The van der Waals surface area contributed by atoms with Gasteiger partial charge in [0.05, 0.1) is 11.3 Å². The number of nitrogens with zero attached hydrogens (tertiary/aromatic N) is 1. The van der Waals surface area contributed by atoms with E-state index in [9.17, 15) is 22.4 Å². The van der Waals surface area contributed by atoms with E-state index in [4.69, 9.17) is 11.6 Å². The summed E-state index contributed by atoms with van der Waals surface area (Å²) >= 11 is 6.11. The lowest BCUT2D eigenvalue weighted by molar-refractivity contribution is -0.137. The molecule has 3 nitrogen and oxygen atoms in total. The second kappa shape index (κ2) is 8.21. The van der Waals surface area contributed by atoms with E-state index in [-0.39, 0.29) is 11.1 Å². The van der Waals surface area contributed by atoms with E-state index in [2.05, 4.69) is 10.3 Å². The Morgan fingerprint density at radius 3 is 2.52 bits per heavy atom. The van der Waals surface area contributed by atoms with Crippen LogP contribution in [0.15, 0.2) is 54.7 Å².